The first kappa shape index (κ1) is 22.4. The van der Waals surface area contributed by atoms with Gasteiger partial charge in [0.25, 0.3) is 5.56 Å². The van der Waals surface area contributed by atoms with Gasteiger partial charge < -0.3 is 24.1 Å². The van der Waals surface area contributed by atoms with Crippen LogP contribution in [0.4, 0.5) is 5.95 Å². The molecule has 0 bridgehead atoms. The summed E-state index contributed by atoms with van der Waals surface area (Å²) in [5, 5.41) is 0. The minimum Gasteiger partial charge on any atom is -0.370 e. The number of benzene rings is 1. The van der Waals surface area contributed by atoms with E-state index in [-0.39, 0.29) is 23.1 Å². The number of ether oxygens (including phenoxy) is 1. The minimum atomic E-state index is -1.09. The molecule has 3 N–H and O–H groups in total. The minimum absolute atomic E-state index is 0.0422. The highest BCUT2D eigenvalue weighted by Gasteiger charge is 2.25. The van der Waals surface area contributed by atoms with Gasteiger partial charge in [0, 0.05) is 13.0 Å². The number of aryl methyl sites for hydroxylation is 1. The topological polar surface area (TPSA) is 117 Å². The zero-order valence-electron chi connectivity index (χ0n) is 17.5. The fourth-order valence-corrected chi connectivity index (χ4v) is 4.29. The van der Waals surface area contributed by atoms with Crippen molar-refractivity contribution in [3.63, 3.8) is 0 Å². The molecule has 3 aromatic rings. The number of aromatic nitrogens is 4. The SMILES string of the molecule is CC.Cc1ccc(C2CCOP(COCCn3cnc4c(=O)[nH]c(N)nc43)O2)cc1. The zero-order chi connectivity index (χ0) is 21.5. The van der Waals surface area contributed by atoms with Crippen molar-refractivity contribution in [2.24, 2.45) is 0 Å². The number of hydrogen-bond acceptors (Lipinski definition) is 7. The first-order chi connectivity index (χ1) is 14.6. The molecular formula is C20H28N5O4P. The molecule has 0 radical (unpaired) electrons. The highest BCUT2D eigenvalue weighted by Crippen LogP contribution is 2.48. The van der Waals surface area contributed by atoms with Crippen molar-refractivity contribution in [1.82, 2.24) is 19.5 Å². The maximum atomic E-state index is 11.8. The third-order valence-electron chi connectivity index (χ3n) is 4.48. The zero-order valence-corrected chi connectivity index (χ0v) is 18.4. The lowest BCUT2D eigenvalue weighted by atomic mass is 10.1. The number of nitrogen functional groups attached to an aromatic ring is 1. The van der Waals surface area contributed by atoms with Crippen molar-refractivity contribution in [2.45, 2.75) is 39.8 Å². The number of anilines is 1. The Balaban J connectivity index is 0.00000124. The Labute approximate surface area is 176 Å². The molecule has 0 spiro atoms. The Bertz CT molecular complexity index is 1000. The van der Waals surface area contributed by atoms with Crippen molar-refractivity contribution in [1.29, 1.82) is 0 Å². The first-order valence-electron chi connectivity index (χ1n) is 10.0. The average molecular weight is 433 g/mol. The second-order valence-corrected chi connectivity index (χ2v) is 7.95. The van der Waals surface area contributed by atoms with Crippen LogP contribution < -0.4 is 11.3 Å². The third-order valence-corrected chi connectivity index (χ3v) is 5.83. The van der Waals surface area contributed by atoms with E-state index in [2.05, 4.69) is 46.1 Å². The van der Waals surface area contributed by atoms with E-state index in [1.807, 2.05) is 13.8 Å². The Morgan fingerprint density at radius 2 is 2.10 bits per heavy atom. The second-order valence-electron chi connectivity index (χ2n) is 6.56. The van der Waals surface area contributed by atoms with Gasteiger partial charge in [-0.3, -0.25) is 9.78 Å². The fraction of sp³-hybridized carbons (Fsp3) is 0.450. The maximum Gasteiger partial charge on any atom is 0.280 e. The summed E-state index contributed by atoms with van der Waals surface area (Å²) >= 11 is 0. The smallest absolute Gasteiger partial charge is 0.280 e. The number of nitrogens with one attached hydrogen (secondary N) is 1. The summed E-state index contributed by atoms with van der Waals surface area (Å²) in [6.07, 6.45) is 2.83. The van der Waals surface area contributed by atoms with Gasteiger partial charge in [-0.1, -0.05) is 43.7 Å². The molecule has 2 unspecified atom stereocenters. The number of nitrogens with zero attached hydrogens (tertiary/aromatic N) is 3. The van der Waals surface area contributed by atoms with E-state index in [1.165, 1.54) is 11.1 Å². The molecule has 0 amide bonds. The van der Waals surface area contributed by atoms with E-state index in [1.54, 1.807) is 10.9 Å². The summed E-state index contributed by atoms with van der Waals surface area (Å²) in [5.74, 6) is 0.0646. The molecule has 3 heterocycles. The predicted octanol–water partition coefficient (Wildman–Crippen LogP) is 3.50. The van der Waals surface area contributed by atoms with E-state index in [0.29, 0.717) is 31.8 Å². The molecule has 1 aliphatic rings. The van der Waals surface area contributed by atoms with E-state index >= 15 is 0 Å². The summed E-state index contributed by atoms with van der Waals surface area (Å²) in [5.41, 5.74) is 8.36. The van der Waals surface area contributed by atoms with Crippen LogP contribution in [-0.4, -0.2) is 39.1 Å². The van der Waals surface area contributed by atoms with Crippen LogP contribution >= 0.6 is 8.38 Å². The molecule has 4 rings (SSSR count). The van der Waals surface area contributed by atoms with Crippen LogP contribution in [0.25, 0.3) is 11.2 Å². The van der Waals surface area contributed by atoms with Crippen LogP contribution in [0.1, 0.15) is 37.5 Å². The second kappa shape index (κ2) is 10.6. The van der Waals surface area contributed by atoms with E-state index in [0.717, 1.165) is 6.42 Å². The highest BCUT2D eigenvalue weighted by molar-refractivity contribution is 7.47. The van der Waals surface area contributed by atoms with Crippen LogP contribution in [0, 0.1) is 6.92 Å². The Morgan fingerprint density at radius 3 is 2.87 bits per heavy atom. The number of rotatable bonds is 6. The van der Waals surface area contributed by atoms with Gasteiger partial charge in [-0.05, 0) is 12.5 Å². The Hall–Kier alpha value is -2.32. The summed E-state index contributed by atoms with van der Waals surface area (Å²) in [7, 11) is -1.09. The summed E-state index contributed by atoms with van der Waals surface area (Å²) in [4.78, 5) is 22.4. The quantitative estimate of drug-likeness (QED) is 0.451. The predicted molar refractivity (Wildman–Crippen MR) is 117 cm³/mol. The van der Waals surface area contributed by atoms with Gasteiger partial charge >= 0.3 is 0 Å². The summed E-state index contributed by atoms with van der Waals surface area (Å²) < 4.78 is 19.3. The molecular weight excluding hydrogens is 405 g/mol. The highest BCUT2D eigenvalue weighted by atomic mass is 31.2. The number of fused-ring (bicyclic) bond motifs is 1. The number of hydrogen-bond donors (Lipinski definition) is 2. The Kier molecular flexibility index (Phi) is 7.93. The normalized spacial score (nSPS) is 18.8. The first-order valence-corrected chi connectivity index (χ1v) is 11.4. The molecule has 1 aliphatic heterocycles. The standard InChI is InChI=1S/C18H22N5O4P.C2H6/c1-12-2-4-13(5-3-12)14-6-8-26-28(27-14)11-25-9-7-23-10-20-15-16(23)21-18(19)22-17(15)24;1-2/h2-5,10,14H,6-9,11H2,1H3,(H3,19,21,22,24);1-2H3. The van der Waals surface area contributed by atoms with Crippen molar-refractivity contribution in [3.05, 3.63) is 52.1 Å². The summed E-state index contributed by atoms with van der Waals surface area (Å²) in [6.45, 7) is 7.64. The Morgan fingerprint density at radius 1 is 1.33 bits per heavy atom. The monoisotopic (exact) mass is 433 g/mol. The van der Waals surface area contributed by atoms with Crippen LogP contribution in [0.5, 0.6) is 0 Å². The largest absolute Gasteiger partial charge is 0.370 e. The lowest BCUT2D eigenvalue weighted by molar-refractivity contribution is 0.0820. The van der Waals surface area contributed by atoms with Gasteiger partial charge in [-0.25, -0.2) is 4.98 Å². The van der Waals surface area contributed by atoms with Gasteiger partial charge in [0.1, 0.15) is 6.35 Å². The molecule has 0 aliphatic carbocycles. The van der Waals surface area contributed by atoms with Crippen LogP contribution in [0.2, 0.25) is 0 Å². The number of H-pyrrole nitrogens is 1. The average Bonchev–Trinajstić information content (AvgIpc) is 3.16. The molecule has 2 aromatic heterocycles. The molecule has 0 saturated carbocycles. The number of imidazole rings is 1. The molecule has 1 saturated heterocycles. The van der Waals surface area contributed by atoms with Gasteiger partial charge in [0.2, 0.25) is 5.95 Å². The van der Waals surface area contributed by atoms with Gasteiger partial charge in [-0.15, -0.1) is 0 Å². The van der Waals surface area contributed by atoms with Crippen molar-refractivity contribution >= 4 is 25.5 Å². The molecule has 2 atom stereocenters. The molecule has 162 valence electrons. The molecule has 9 nitrogen and oxygen atoms in total. The number of nitrogens with two attached hydrogens (primary N) is 1. The van der Waals surface area contributed by atoms with Gasteiger partial charge in [-0.2, -0.15) is 4.98 Å². The lowest BCUT2D eigenvalue weighted by Gasteiger charge is -2.29. The molecule has 10 heteroatoms. The lowest BCUT2D eigenvalue weighted by Crippen LogP contribution is -2.15. The van der Waals surface area contributed by atoms with E-state index in [4.69, 9.17) is 19.5 Å². The van der Waals surface area contributed by atoms with E-state index < -0.39 is 8.38 Å². The number of aromatic amines is 1. The van der Waals surface area contributed by atoms with Crippen LogP contribution in [0.15, 0.2) is 35.4 Å². The van der Waals surface area contributed by atoms with Gasteiger partial charge in [0.05, 0.1) is 25.6 Å². The van der Waals surface area contributed by atoms with Crippen molar-refractivity contribution in [2.75, 3.05) is 25.3 Å². The van der Waals surface area contributed by atoms with Crippen molar-refractivity contribution in [3.8, 4) is 0 Å². The maximum absolute atomic E-state index is 11.8. The van der Waals surface area contributed by atoms with Crippen LogP contribution in [-0.2, 0) is 20.3 Å². The fourth-order valence-electron chi connectivity index (χ4n) is 3.00. The molecule has 1 fully saturated rings. The molecule has 30 heavy (non-hydrogen) atoms. The van der Waals surface area contributed by atoms with Crippen LogP contribution in [0.3, 0.4) is 0 Å². The molecule has 1 aromatic carbocycles. The van der Waals surface area contributed by atoms with Gasteiger partial charge in [0.15, 0.2) is 19.5 Å². The third kappa shape index (κ3) is 5.43. The summed E-state index contributed by atoms with van der Waals surface area (Å²) in [6, 6.07) is 8.39. The van der Waals surface area contributed by atoms with Crippen molar-refractivity contribution < 1.29 is 13.8 Å². The van der Waals surface area contributed by atoms with E-state index in [9.17, 15) is 4.79 Å².